The van der Waals surface area contributed by atoms with Crippen LogP contribution < -0.4 is 11.1 Å². The van der Waals surface area contributed by atoms with Crippen LogP contribution in [0.25, 0.3) is 0 Å². The van der Waals surface area contributed by atoms with Crippen LogP contribution in [0.15, 0.2) is 12.3 Å². The fraction of sp³-hybridized carbons (Fsp3) is 0.545. The Bertz CT molecular complexity index is 418. The Balaban J connectivity index is 2.89. The zero-order valence-corrected chi connectivity index (χ0v) is 10.2. The highest BCUT2D eigenvalue weighted by atomic mass is 19.4. The number of pyridine rings is 1. The molecule has 7 heteroatoms. The number of halogens is 3. The summed E-state index contributed by atoms with van der Waals surface area (Å²) in [5.74, 6) is 0. The van der Waals surface area contributed by atoms with Gasteiger partial charge in [-0.25, -0.2) is 4.98 Å². The Morgan fingerprint density at radius 1 is 1.44 bits per heavy atom. The molecule has 1 heterocycles. The molecule has 4 N–H and O–H groups in total. The van der Waals surface area contributed by atoms with Gasteiger partial charge >= 0.3 is 6.18 Å². The van der Waals surface area contributed by atoms with Gasteiger partial charge in [0.05, 0.1) is 23.2 Å². The van der Waals surface area contributed by atoms with Gasteiger partial charge in [0.1, 0.15) is 5.69 Å². The maximum atomic E-state index is 12.5. The van der Waals surface area contributed by atoms with E-state index in [1.54, 1.807) is 13.8 Å². The molecule has 0 aliphatic heterocycles. The van der Waals surface area contributed by atoms with E-state index in [0.717, 1.165) is 12.3 Å². The molecule has 0 saturated heterocycles. The Hall–Kier alpha value is -1.50. The second-order valence-electron chi connectivity index (χ2n) is 4.36. The van der Waals surface area contributed by atoms with Crippen molar-refractivity contribution in [2.24, 2.45) is 0 Å². The SMILES string of the molecule is CCC(C)(O)CNc1cc(C(F)(F)F)ncc1N. The first kappa shape index (κ1) is 14.6. The second kappa shape index (κ2) is 5.01. The van der Waals surface area contributed by atoms with Gasteiger partial charge in [-0.05, 0) is 19.4 Å². The lowest BCUT2D eigenvalue weighted by atomic mass is 10.0. The van der Waals surface area contributed by atoms with E-state index >= 15 is 0 Å². The monoisotopic (exact) mass is 263 g/mol. The molecule has 0 aliphatic rings. The maximum absolute atomic E-state index is 12.5. The lowest BCUT2D eigenvalue weighted by molar-refractivity contribution is -0.141. The summed E-state index contributed by atoms with van der Waals surface area (Å²) in [7, 11) is 0. The molecule has 18 heavy (non-hydrogen) atoms. The molecule has 1 unspecified atom stereocenters. The van der Waals surface area contributed by atoms with Gasteiger partial charge in [-0.3, -0.25) is 0 Å². The highest BCUT2D eigenvalue weighted by Crippen LogP contribution is 2.31. The van der Waals surface area contributed by atoms with Crippen LogP contribution in [0.4, 0.5) is 24.5 Å². The normalized spacial score (nSPS) is 15.2. The van der Waals surface area contributed by atoms with E-state index in [9.17, 15) is 18.3 Å². The van der Waals surface area contributed by atoms with Crippen molar-refractivity contribution in [3.63, 3.8) is 0 Å². The molecule has 0 aromatic carbocycles. The first-order valence-corrected chi connectivity index (χ1v) is 5.44. The maximum Gasteiger partial charge on any atom is 0.433 e. The van der Waals surface area contributed by atoms with Crippen molar-refractivity contribution in [3.8, 4) is 0 Å². The molecular formula is C11H16F3N3O. The van der Waals surface area contributed by atoms with Crippen LogP contribution in [0.5, 0.6) is 0 Å². The fourth-order valence-electron chi connectivity index (χ4n) is 1.18. The number of nitrogen functional groups attached to an aromatic ring is 1. The Labute approximate surface area is 103 Å². The molecule has 0 fully saturated rings. The summed E-state index contributed by atoms with van der Waals surface area (Å²) in [6, 6.07) is 0.834. The number of rotatable bonds is 4. The van der Waals surface area contributed by atoms with Gasteiger partial charge in [-0.15, -0.1) is 0 Å². The minimum atomic E-state index is -4.52. The molecule has 4 nitrogen and oxygen atoms in total. The predicted molar refractivity (Wildman–Crippen MR) is 63.1 cm³/mol. The minimum Gasteiger partial charge on any atom is -0.396 e. The van der Waals surface area contributed by atoms with Crippen molar-refractivity contribution in [2.45, 2.75) is 32.0 Å². The highest BCUT2D eigenvalue weighted by molar-refractivity contribution is 5.65. The van der Waals surface area contributed by atoms with Crippen molar-refractivity contribution in [3.05, 3.63) is 18.0 Å². The summed E-state index contributed by atoms with van der Waals surface area (Å²) >= 11 is 0. The molecule has 1 atom stereocenters. The molecule has 0 aliphatic carbocycles. The van der Waals surface area contributed by atoms with Gasteiger partial charge in [-0.2, -0.15) is 13.2 Å². The quantitative estimate of drug-likeness (QED) is 0.779. The summed E-state index contributed by atoms with van der Waals surface area (Å²) in [6.45, 7) is 3.47. The van der Waals surface area contributed by atoms with Crippen molar-refractivity contribution in [1.82, 2.24) is 4.98 Å². The second-order valence-corrected chi connectivity index (χ2v) is 4.36. The topological polar surface area (TPSA) is 71.2 Å². The number of nitrogens with two attached hydrogens (primary N) is 1. The first-order valence-electron chi connectivity index (χ1n) is 5.44. The summed E-state index contributed by atoms with van der Waals surface area (Å²) in [5, 5.41) is 12.5. The van der Waals surface area contributed by atoms with Gasteiger partial charge in [0, 0.05) is 6.54 Å². The summed E-state index contributed by atoms with van der Waals surface area (Å²) in [5.41, 5.74) is 3.73. The number of nitrogens with one attached hydrogen (secondary N) is 1. The first-order chi connectivity index (χ1) is 8.15. The molecule has 0 amide bonds. The summed E-state index contributed by atoms with van der Waals surface area (Å²) < 4.78 is 37.4. The van der Waals surface area contributed by atoms with E-state index in [4.69, 9.17) is 5.73 Å². The molecule has 1 aromatic rings. The number of alkyl halides is 3. The van der Waals surface area contributed by atoms with Crippen LogP contribution >= 0.6 is 0 Å². The van der Waals surface area contributed by atoms with E-state index in [0.29, 0.717) is 6.42 Å². The van der Waals surface area contributed by atoms with Gasteiger partial charge in [-0.1, -0.05) is 6.92 Å². The van der Waals surface area contributed by atoms with Crippen LogP contribution in [-0.2, 0) is 6.18 Å². The van der Waals surface area contributed by atoms with Crippen molar-refractivity contribution >= 4 is 11.4 Å². The van der Waals surface area contributed by atoms with E-state index in [-0.39, 0.29) is 17.9 Å². The number of aromatic nitrogens is 1. The smallest absolute Gasteiger partial charge is 0.396 e. The average Bonchev–Trinajstić information content (AvgIpc) is 2.26. The zero-order valence-electron chi connectivity index (χ0n) is 10.2. The largest absolute Gasteiger partial charge is 0.433 e. The molecular weight excluding hydrogens is 247 g/mol. The van der Waals surface area contributed by atoms with Gasteiger partial charge < -0.3 is 16.2 Å². The van der Waals surface area contributed by atoms with E-state index in [1.165, 1.54) is 0 Å². The standard InChI is InChI=1S/C11H16F3N3O/c1-3-10(2,18)6-17-8-4-9(11(12,13)14)16-5-7(8)15/h4-5,18H,3,6,15H2,1-2H3,(H,16,17). The third-order valence-electron chi connectivity index (χ3n) is 2.65. The average molecular weight is 263 g/mol. The number of nitrogens with zero attached hydrogens (tertiary/aromatic N) is 1. The molecule has 0 saturated carbocycles. The lowest BCUT2D eigenvalue weighted by Gasteiger charge is -2.23. The fourth-order valence-corrected chi connectivity index (χ4v) is 1.18. The van der Waals surface area contributed by atoms with Crippen molar-refractivity contribution in [1.29, 1.82) is 0 Å². The van der Waals surface area contributed by atoms with Crippen molar-refractivity contribution < 1.29 is 18.3 Å². The highest BCUT2D eigenvalue weighted by Gasteiger charge is 2.33. The molecule has 1 aromatic heterocycles. The Kier molecular flexibility index (Phi) is 4.05. The number of anilines is 2. The molecule has 0 radical (unpaired) electrons. The van der Waals surface area contributed by atoms with Gasteiger partial charge in [0.25, 0.3) is 0 Å². The predicted octanol–water partition coefficient (Wildman–Crippen LogP) is 2.26. The number of aliphatic hydroxyl groups is 1. The molecule has 1 rings (SSSR count). The lowest BCUT2D eigenvalue weighted by Crippen LogP contribution is -2.32. The van der Waals surface area contributed by atoms with Crippen LogP contribution in [-0.4, -0.2) is 22.2 Å². The minimum absolute atomic E-state index is 0.106. The Morgan fingerprint density at radius 2 is 2.06 bits per heavy atom. The number of hydrogen-bond donors (Lipinski definition) is 3. The van der Waals surface area contributed by atoms with Crippen molar-refractivity contribution in [2.75, 3.05) is 17.6 Å². The van der Waals surface area contributed by atoms with Gasteiger partial charge in [0.15, 0.2) is 0 Å². The van der Waals surface area contributed by atoms with E-state index in [2.05, 4.69) is 10.3 Å². The third-order valence-corrected chi connectivity index (χ3v) is 2.65. The number of hydrogen-bond acceptors (Lipinski definition) is 4. The molecule has 0 bridgehead atoms. The zero-order chi connectivity index (χ0) is 14.0. The molecule has 102 valence electrons. The van der Waals surface area contributed by atoms with Crippen LogP contribution in [0, 0.1) is 0 Å². The van der Waals surface area contributed by atoms with E-state index in [1.807, 2.05) is 0 Å². The summed E-state index contributed by atoms with van der Waals surface area (Å²) in [6.07, 6.45) is -3.10. The Morgan fingerprint density at radius 3 is 2.56 bits per heavy atom. The van der Waals surface area contributed by atoms with Gasteiger partial charge in [0.2, 0.25) is 0 Å². The van der Waals surface area contributed by atoms with Crippen LogP contribution in [0.1, 0.15) is 26.0 Å². The van der Waals surface area contributed by atoms with Crippen LogP contribution in [0.2, 0.25) is 0 Å². The third kappa shape index (κ3) is 3.76. The van der Waals surface area contributed by atoms with Crippen LogP contribution in [0.3, 0.4) is 0 Å². The van der Waals surface area contributed by atoms with E-state index < -0.39 is 17.5 Å². The molecule has 0 spiro atoms. The summed E-state index contributed by atoms with van der Waals surface area (Å²) in [4.78, 5) is 3.22.